The van der Waals surface area contributed by atoms with E-state index >= 15 is 0 Å². The molecule has 0 aliphatic carbocycles. The molecule has 0 bridgehead atoms. The Morgan fingerprint density at radius 2 is 1.90 bits per heavy atom. The zero-order valence-corrected chi connectivity index (χ0v) is 19.1. The first kappa shape index (κ1) is 22.2. The number of carbonyl (C=O) groups is 2. The highest BCUT2D eigenvalue weighted by Crippen LogP contribution is 2.26. The summed E-state index contributed by atoms with van der Waals surface area (Å²) in [5, 5.41) is 3.86. The molecule has 158 valence electrons. The van der Waals surface area contributed by atoms with Crippen molar-refractivity contribution in [3.63, 3.8) is 0 Å². The van der Waals surface area contributed by atoms with Crippen molar-refractivity contribution < 1.29 is 19.1 Å². The molecule has 3 rings (SSSR count). The Morgan fingerprint density at radius 1 is 1.17 bits per heavy atom. The molecule has 0 unspecified atom stereocenters. The average molecular weight is 444 g/mol. The van der Waals surface area contributed by atoms with E-state index in [0.29, 0.717) is 17.7 Å². The molecule has 0 radical (unpaired) electrons. The summed E-state index contributed by atoms with van der Waals surface area (Å²) in [5.41, 5.74) is 2.86. The van der Waals surface area contributed by atoms with Gasteiger partial charge >= 0.3 is 5.97 Å². The van der Waals surface area contributed by atoms with Gasteiger partial charge in [0.05, 0.1) is 18.2 Å². The number of rotatable bonds is 9. The van der Waals surface area contributed by atoms with Gasteiger partial charge in [0, 0.05) is 33.8 Å². The maximum Gasteiger partial charge on any atom is 0.340 e. The minimum Gasteiger partial charge on any atom is -0.454 e. The van der Waals surface area contributed by atoms with Crippen molar-refractivity contribution in [1.29, 1.82) is 0 Å². The predicted molar refractivity (Wildman–Crippen MR) is 122 cm³/mol. The van der Waals surface area contributed by atoms with Gasteiger partial charge in [-0.1, -0.05) is 12.1 Å². The van der Waals surface area contributed by atoms with Gasteiger partial charge in [0.15, 0.2) is 6.61 Å². The van der Waals surface area contributed by atoms with E-state index in [2.05, 4.69) is 4.57 Å². The SMILES string of the molecule is COC[C@H](C)n1c(C)cc(C(=O)COC(=O)/C(=C/c2cccs2)c2cccs2)c1C. The summed E-state index contributed by atoms with van der Waals surface area (Å²) in [6.07, 6.45) is 1.81. The molecular weight excluding hydrogens is 418 g/mol. The van der Waals surface area contributed by atoms with Crippen LogP contribution < -0.4 is 0 Å². The lowest BCUT2D eigenvalue weighted by Crippen LogP contribution is -2.17. The number of hydrogen-bond donors (Lipinski definition) is 0. The van der Waals surface area contributed by atoms with Crippen LogP contribution in [0.1, 0.15) is 44.5 Å². The molecule has 0 fully saturated rings. The van der Waals surface area contributed by atoms with E-state index in [4.69, 9.17) is 9.47 Å². The van der Waals surface area contributed by atoms with Gasteiger partial charge in [-0.2, -0.15) is 0 Å². The number of ether oxygens (including phenoxy) is 2. The van der Waals surface area contributed by atoms with Gasteiger partial charge in [-0.25, -0.2) is 4.79 Å². The van der Waals surface area contributed by atoms with Crippen molar-refractivity contribution in [3.05, 3.63) is 67.8 Å². The highest BCUT2D eigenvalue weighted by molar-refractivity contribution is 7.12. The summed E-state index contributed by atoms with van der Waals surface area (Å²) in [4.78, 5) is 27.4. The summed E-state index contributed by atoms with van der Waals surface area (Å²) >= 11 is 3.00. The number of nitrogens with zero attached hydrogens (tertiary/aromatic N) is 1. The summed E-state index contributed by atoms with van der Waals surface area (Å²) < 4.78 is 12.7. The number of hydrogen-bond acceptors (Lipinski definition) is 6. The fraction of sp³-hybridized carbons (Fsp3) is 0.304. The second kappa shape index (κ2) is 10.0. The van der Waals surface area contributed by atoms with Crippen LogP contribution >= 0.6 is 22.7 Å². The van der Waals surface area contributed by atoms with Gasteiger partial charge in [0.1, 0.15) is 0 Å². The van der Waals surface area contributed by atoms with Crippen LogP contribution in [0.25, 0.3) is 11.6 Å². The van der Waals surface area contributed by atoms with Gasteiger partial charge in [-0.05, 0) is 55.8 Å². The molecule has 0 saturated carbocycles. The molecule has 30 heavy (non-hydrogen) atoms. The van der Waals surface area contributed by atoms with Crippen LogP contribution in [0.15, 0.2) is 41.1 Å². The van der Waals surface area contributed by atoms with Crippen LogP contribution in [-0.4, -0.2) is 36.6 Å². The molecule has 1 atom stereocenters. The average Bonchev–Trinajstić information content (AvgIpc) is 3.46. The lowest BCUT2D eigenvalue weighted by molar-refractivity contribution is -0.135. The Labute approximate surface area is 184 Å². The van der Waals surface area contributed by atoms with Crippen molar-refractivity contribution in [3.8, 4) is 0 Å². The molecule has 0 saturated heterocycles. The minimum atomic E-state index is -0.499. The number of ketones is 1. The lowest BCUT2D eigenvalue weighted by atomic mass is 10.1. The smallest absolute Gasteiger partial charge is 0.340 e. The monoisotopic (exact) mass is 443 g/mol. The fourth-order valence-electron chi connectivity index (χ4n) is 3.52. The van der Waals surface area contributed by atoms with Gasteiger partial charge in [0.2, 0.25) is 5.78 Å². The molecule has 3 aromatic heterocycles. The van der Waals surface area contributed by atoms with Crippen LogP contribution in [0, 0.1) is 13.8 Å². The standard InChI is InChI=1S/C23H25NO4S2/c1-15-11-19(17(3)24(15)16(2)13-27-4)21(25)14-28-23(26)20(22-8-6-10-30-22)12-18-7-5-9-29-18/h5-12,16H,13-14H2,1-4H3/b20-12+/t16-/m0/s1. The first-order chi connectivity index (χ1) is 14.4. The molecule has 0 amide bonds. The summed E-state index contributed by atoms with van der Waals surface area (Å²) in [7, 11) is 1.66. The van der Waals surface area contributed by atoms with Crippen LogP contribution in [-0.2, 0) is 14.3 Å². The van der Waals surface area contributed by atoms with Crippen molar-refractivity contribution in [2.75, 3.05) is 20.3 Å². The van der Waals surface area contributed by atoms with E-state index < -0.39 is 5.97 Å². The second-order valence-corrected chi connectivity index (χ2v) is 8.94. The Morgan fingerprint density at radius 3 is 2.53 bits per heavy atom. The molecule has 3 heterocycles. The quantitative estimate of drug-likeness (QED) is 0.252. The Balaban J connectivity index is 1.75. The highest BCUT2D eigenvalue weighted by atomic mass is 32.1. The van der Waals surface area contributed by atoms with Crippen LogP contribution in [0.4, 0.5) is 0 Å². The van der Waals surface area contributed by atoms with Gasteiger partial charge in [-0.3, -0.25) is 4.79 Å². The number of aryl methyl sites for hydroxylation is 1. The van der Waals surface area contributed by atoms with Crippen LogP contribution in [0.5, 0.6) is 0 Å². The van der Waals surface area contributed by atoms with E-state index in [-0.39, 0.29) is 18.4 Å². The Bertz CT molecular complexity index is 1030. The summed E-state index contributed by atoms with van der Waals surface area (Å²) in [6.45, 7) is 6.16. The van der Waals surface area contributed by atoms with Gasteiger partial charge < -0.3 is 14.0 Å². The molecule has 3 aromatic rings. The minimum absolute atomic E-state index is 0.110. The number of carbonyl (C=O) groups excluding carboxylic acids is 2. The van der Waals surface area contributed by atoms with E-state index in [0.717, 1.165) is 21.1 Å². The Kier molecular flexibility index (Phi) is 7.42. The van der Waals surface area contributed by atoms with Crippen molar-refractivity contribution in [2.45, 2.75) is 26.8 Å². The first-order valence-electron chi connectivity index (χ1n) is 9.59. The third-order valence-electron chi connectivity index (χ3n) is 4.80. The highest BCUT2D eigenvalue weighted by Gasteiger charge is 2.21. The predicted octanol–water partition coefficient (Wildman–Crippen LogP) is 5.40. The van der Waals surface area contributed by atoms with Crippen LogP contribution in [0.3, 0.4) is 0 Å². The number of methoxy groups -OCH3 is 1. The molecule has 0 spiro atoms. The zero-order chi connectivity index (χ0) is 21.7. The van der Waals surface area contributed by atoms with Crippen molar-refractivity contribution >= 4 is 46.1 Å². The molecule has 7 heteroatoms. The van der Waals surface area contributed by atoms with Gasteiger partial charge in [0.25, 0.3) is 0 Å². The number of esters is 1. The topological polar surface area (TPSA) is 57.5 Å². The fourth-order valence-corrected chi connectivity index (χ4v) is 4.91. The van der Waals surface area contributed by atoms with E-state index in [1.165, 1.54) is 11.3 Å². The molecule has 5 nitrogen and oxygen atoms in total. The zero-order valence-electron chi connectivity index (χ0n) is 17.5. The first-order valence-corrected chi connectivity index (χ1v) is 11.3. The normalized spacial score (nSPS) is 12.7. The van der Waals surface area contributed by atoms with Crippen molar-refractivity contribution in [1.82, 2.24) is 4.57 Å². The molecule has 0 aliphatic heterocycles. The van der Waals surface area contributed by atoms with E-state index in [9.17, 15) is 9.59 Å². The van der Waals surface area contributed by atoms with Crippen LogP contribution in [0.2, 0.25) is 0 Å². The lowest BCUT2D eigenvalue weighted by Gasteiger charge is -2.17. The largest absolute Gasteiger partial charge is 0.454 e. The van der Waals surface area contributed by atoms with Gasteiger partial charge in [-0.15, -0.1) is 22.7 Å². The van der Waals surface area contributed by atoms with Crippen molar-refractivity contribution in [2.24, 2.45) is 0 Å². The molecule has 0 aromatic carbocycles. The molecule has 0 N–H and O–H groups in total. The number of thiophene rings is 2. The third-order valence-corrected chi connectivity index (χ3v) is 6.53. The Hall–Kier alpha value is -2.48. The summed E-state index contributed by atoms with van der Waals surface area (Å²) in [6, 6.07) is 9.58. The maximum absolute atomic E-state index is 12.8. The number of aromatic nitrogens is 1. The summed E-state index contributed by atoms with van der Waals surface area (Å²) in [5.74, 6) is -0.713. The molecule has 0 aliphatic rings. The maximum atomic E-state index is 12.8. The second-order valence-electron chi connectivity index (χ2n) is 7.01. The number of Topliss-reactive ketones (excluding diaryl/α,β-unsaturated/α-hetero) is 1. The van der Waals surface area contributed by atoms with E-state index in [1.807, 2.05) is 67.9 Å². The third kappa shape index (κ3) is 4.98. The molecular formula is C23H25NO4S2. The van der Waals surface area contributed by atoms with E-state index in [1.54, 1.807) is 18.4 Å².